The second-order valence-electron chi connectivity index (χ2n) is 5.16. The number of aliphatic hydroxyl groups is 1. The summed E-state index contributed by atoms with van der Waals surface area (Å²) in [5.41, 5.74) is 8.52. The zero-order chi connectivity index (χ0) is 12.8. The van der Waals surface area contributed by atoms with Gasteiger partial charge in [-0.15, -0.1) is 0 Å². The fourth-order valence-corrected chi connectivity index (χ4v) is 2.58. The van der Waals surface area contributed by atoms with Crippen molar-refractivity contribution in [2.24, 2.45) is 5.73 Å². The number of benzene rings is 1. The molecule has 1 atom stereocenters. The second-order valence-corrected chi connectivity index (χ2v) is 5.16. The zero-order valence-corrected chi connectivity index (χ0v) is 11.0. The molecule has 2 rings (SSSR count). The molecule has 0 bridgehead atoms. The first kappa shape index (κ1) is 13.5. The Morgan fingerprint density at radius 1 is 1.28 bits per heavy atom. The Balaban J connectivity index is 1.89. The molecule has 0 saturated carbocycles. The number of aliphatic hydroxyl groups excluding tert-OH is 1. The molecule has 0 spiro atoms. The van der Waals surface area contributed by atoms with Crippen LogP contribution in [0.5, 0.6) is 0 Å². The highest BCUT2D eigenvalue weighted by Gasteiger charge is 2.11. The van der Waals surface area contributed by atoms with Crippen molar-refractivity contribution in [2.45, 2.75) is 31.7 Å². The first-order valence-electron chi connectivity index (χ1n) is 6.97. The summed E-state index contributed by atoms with van der Waals surface area (Å²) in [6.45, 7) is 3.81. The molecule has 1 fully saturated rings. The largest absolute Gasteiger partial charge is 0.396 e. The van der Waals surface area contributed by atoms with Crippen LogP contribution in [-0.4, -0.2) is 36.2 Å². The Morgan fingerprint density at radius 2 is 2.06 bits per heavy atom. The van der Waals surface area contributed by atoms with E-state index in [1.165, 1.54) is 31.5 Å². The quantitative estimate of drug-likeness (QED) is 0.805. The Hall–Kier alpha value is -0.900. The first-order valence-corrected chi connectivity index (χ1v) is 6.97. The van der Waals surface area contributed by atoms with Crippen molar-refractivity contribution in [2.75, 3.05) is 26.2 Å². The molecule has 3 heteroatoms. The van der Waals surface area contributed by atoms with Gasteiger partial charge in [0.15, 0.2) is 0 Å². The summed E-state index contributed by atoms with van der Waals surface area (Å²) in [5.74, 6) is 0. The van der Waals surface area contributed by atoms with Gasteiger partial charge in [0.2, 0.25) is 0 Å². The lowest BCUT2D eigenvalue weighted by Crippen LogP contribution is -2.22. The minimum Gasteiger partial charge on any atom is -0.396 e. The summed E-state index contributed by atoms with van der Waals surface area (Å²) in [7, 11) is 0. The highest BCUT2D eigenvalue weighted by atomic mass is 16.3. The summed E-state index contributed by atoms with van der Waals surface area (Å²) in [4.78, 5) is 2.53. The first-order chi connectivity index (χ1) is 8.79. The van der Waals surface area contributed by atoms with Crippen molar-refractivity contribution in [1.82, 2.24) is 4.90 Å². The normalized spacial score (nSPS) is 18.1. The van der Waals surface area contributed by atoms with Crippen LogP contribution in [0.4, 0.5) is 0 Å². The molecule has 3 nitrogen and oxygen atoms in total. The molecular weight excluding hydrogens is 224 g/mol. The summed E-state index contributed by atoms with van der Waals surface area (Å²) in [6, 6.07) is 8.45. The Bertz CT molecular complexity index is 361. The average molecular weight is 248 g/mol. The number of nitrogens with two attached hydrogens (primary N) is 1. The third kappa shape index (κ3) is 3.80. The van der Waals surface area contributed by atoms with E-state index >= 15 is 0 Å². The summed E-state index contributed by atoms with van der Waals surface area (Å²) in [6.07, 6.45) is 4.43. The molecule has 1 aliphatic heterocycles. The van der Waals surface area contributed by atoms with Crippen molar-refractivity contribution >= 4 is 0 Å². The number of nitrogens with zero attached hydrogens (tertiary/aromatic N) is 1. The van der Waals surface area contributed by atoms with Crippen LogP contribution in [0.15, 0.2) is 24.3 Å². The Morgan fingerprint density at radius 3 is 2.78 bits per heavy atom. The molecule has 0 aromatic heterocycles. The molecule has 100 valence electrons. The van der Waals surface area contributed by atoms with Gasteiger partial charge in [0, 0.05) is 19.2 Å². The van der Waals surface area contributed by atoms with Gasteiger partial charge in [0.1, 0.15) is 0 Å². The summed E-state index contributed by atoms with van der Waals surface area (Å²) in [5, 5.41) is 8.93. The fraction of sp³-hybridized carbons (Fsp3) is 0.600. The lowest BCUT2D eigenvalue weighted by Gasteiger charge is -2.15. The van der Waals surface area contributed by atoms with E-state index in [1.807, 2.05) is 0 Å². The summed E-state index contributed by atoms with van der Waals surface area (Å²) < 4.78 is 0. The maximum Gasteiger partial charge on any atom is 0.0449 e. The van der Waals surface area contributed by atoms with E-state index in [0.29, 0.717) is 6.42 Å². The van der Waals surface area contributed by atoms with Gasteiger partial charge in [-0.05, 0) is 49.9 Å². The van der Waals surface area contributed by atoms with Crippen molar-refractivity contribution in [3.8, 4) is 0 Å². The monoisotopic (exact) mass is 248 g/mol. The van der Waals surface area contributed by atoms with Crippen LogP contribution in [0.3, 0.4) is 0 Å². The van der Waals surface area contributed by atoms with Crippen molar-refractivity contribution in [3.63, 3.8) is 0 Å². The molecular formula is C15H24N2O. The molecule has 0 radical (unpaired) electrons. The molecule has 1 aliphatic rings. The van der Waals surface area contributed by atoms with Crippen LogP contribution in [0.1, 0.15) is 36.4 Å². The fourth-order valence-electron chi connectivity index (χ4n) is 2.58. The average Bonchev–Trinajstić information content (AvgIpc) is 2.90. The number of hydrogen-bond acceptors (Lipinski definition) is 3. The number of rotatable bonds is 6. The van der Waals surface area contributed by atoms with Gasteiger partial charge in [-0.25, -0.2) is 0 Å². The van der Waals surface area contributed by atoms with Gasteiger partial charge >= 0.3 is 0 Å². The minimum atomic E-state index is -0.0401. The van der Waals surface area contributed by atoms with E-state index in [2.05, 4.69) is 29.2 Å². The third-order valence-corrected chi connectivity index (χ3v) is 3.73. The van der Waals surface area contributed by atoms with Crippen LogP contribution in [-0.2, 0) is 6.42 Å². The van der Waals surface area contributed by atoms with Crippen LogP contribution in [0, 0.1) is 0 Å². The highest BCUT2D eigenvalue weighted by Crippen LogP contribution is 2.16. The molecule has 0 amide bonds. The zero-order valence-electron chi connectivity index (χ0n) is 11.0. The third-order valence-electron chi connectivity index (χ3n) is 3.73. The maximum absolute atomic E-state index is 8.93. The SMILES string of the molecule is NC(CCO)c1cccc(CCN2CCCC2)c1. The van der Waals surface area contributed by atoms with E-state index in [4.69, 9.17) is 10.8 Å². The van der Waals surface area contributed by atoms with Gasteiger partial charge in [-0.1, -0.05) is 24.3 Å². The van der Waals surface area contributed by atoms with Gasteiger partial charge in [0.25, 0.3) is 0 Å². The molecule has 1 heterocycles. The summed E-state index contributed by atoms with van der Waals surface area (Å²) >= 11 is 0. The molecule has 0 aliphatic carbocycles. The topological polar surface area (TPSA) is 49.5 Å². The van der Waals surface area contributed by atoms with Crippen LogP contribution in [0.2, 0.25) is 0 Å². The van der Waals surface area contributed by atoms with Crippen LogP contribution in [0.25, 0.3) is 0 Å². The minimum absolute atomic E-state index is 0.0401. The van der Waals surface area contributed by atoms with Gasteiger partial charge in [0.05, 0.1) is 0 Å². The van der Waals surface area contributed by atoms with Crippen molar-refractivity contribution in [1.29, 1.82) is 0 Å². The predicted molar refractivity (Wildman–Crippen MR) is 74.5 cm³/mol. The lowest BCUT2D eigenvalue weighted by molar-refractivity contribution is 0.276. The van der Waals surface area contributed by atoms with E-state index < -0.39 is 0 Å². The van der Waals surface area contributed by atoms with Crippen molar-refractivity contribution < 1.29 is 5.11 Å². The molecule has 1 unspecified atom stereocenters. The smallest absolute Gasteiger partial charge is 0.0449 e. The maximum atomic E-state index is 8.93. The Kier molecular flexibility index (Phi) is 5.17. The molecule has 1 saturated heterocycles. The number of likely N-dealkylation sites (tertiary alicyclic amines) is 1. The molecule has 18 heavy (non-hydrogen) atoms. The second kappa shape index (κ2) is 6.88. The van der Waals surface area contributed by atoms with Gasteiger partial charge in [-0.3, -0.25) is 0 Å². The lowest BCUT2D eigenvalue weighted by atomic mass is 10.0. The molecule has 3 N–H and O–H groups in total. The Labute approximate surface area is 110 Å². The van der Waals surface area contributed by atoms with Crippen molar-refractivity contribution in [3.05, 3.63) is 35.4 Å². The molecule has 1 aromatic carbocycles. The van der Waals surface area contributed by atoms with E-state index in [1.54, 1.807) is 0 Å². The van der Waals surface area contributed by atoms with E-state index in [9.17, 15) is 0 Å². The van der Waals surface area contributed by atoms with Gasteiger partial charge < -0.3 is 15.7 Å². The van der Waals surface area contributed by atoms with Crippen LogP contribution < -0.4 is 5.73 Å². The van der Waals surface area contributed by atoms with Gasteiger partial charge in [-0.2, -0.15) is 0 Å². The number of hydrogen-bond donors (Lipinski definition) is 2. The van der Waals surface area contributed by atoms with Crippen LogP contribution >= 0.6 is 0 Å². The standard InChI is InChI=1S/C15H24N2O/c16-15(7-11-18)14-5-3-4-13(12-14)6-10-17-8-1-2-9-17/h3-5,12,15,18H,1-2,6-11,16H2. The van der Waals surface area contributed by atoms with E-state index in [0.717, 1.165) is 18.5 Å². The van der Waals surface area contributed by atoms with E-state index in [-0.39, 0.29) is 12.6 Å². The highest BCUT2D eigenvalue weighted by molar-refractivity contribution is 5.26. The predicted octanol–water partition coefficient (Wildman–Crippen LogP) is 1.71. The molecule has 1 aromatic rings.